The lowest BCUT2D eigenvalue weighted by atomic mass is 9.99. The van der Waals surface area contributed by atoms with Crippen LogP contribution in [0.3, 0.4) is 0 Å². The number of fused-ring (bicyclic) bond motifs is 1. The number of carbonyl (C=O) groups is 1. The number of Topliss-reactive ketones (excluding diaryl/α,β-unsaturated/α-hetero) is 1. The van der Waals surface area contributed by atoms with Crippen LogP contribution in [0.4, 0.5) is 0 Å². The Morgan fingerprint density at radius 1 is 0.909 bits per heavy atom. The lowest BCUT2D eigenvalue weighted by molar-refractivity contribution is 0.0982. The van der Waals surface area contributed by atoms with E-state index in [1.165, 1.54) is 0 Å². The molecule has 3 aromatic rings. The van der Waals surface area contributed by atoms with Gasteiger partial charge in [-0.25, -0.2) is 0 Å². The zero-order valence-corrected chi connectivity index (χ0v) is 12.6. The Balaban J connectivity index is 1.83. The van der Waals surface area contributed by atoms with E-state index >= 15 is 0 Å². The van der Waals surface area contributed by atoms with E-state index < -0.39 is 0 Å². The van der Waals surface area contributed by atoms with Crippen LogP contribution in [0, 0.1) is 0 Å². The molecule has 22 heavy (non-hydrogen) atoms. The van der Waals surface area contributed by atoms with Crippen LogP contribution in [-0.4, -0.2) is 12.9 Å². The molecule has 0 heterocycles. The van der Waals surface area contributed by atoms with Gasteiger partial charge in [-0.2, -0.15) is 0 Å². The zero-order valence-electron chi connectivity index (χ0n) is 12.6. The third kappa shape index (κ3) is 2.86. The molecule has 0 unspecified atom stereocenters. The number of hydrogen-bond acceptors (Lipinski definition) is 2. The Kier molecular flexibility index (Phi) is 4.19. The van der Waals surface area contributed by atoms with Crippen molar-refractivity contribution in [3.8, 4) is 5.75 Å². The molecular formula is C20H18O2. The zero-order chi connectivity index (χ0) is 15.4. The summed E-state index contributed by atoms with van der Waals surface area (Å²) in [7, 11) is 1.68. The largest absolute Gasteiger partial charge is 0.496 e. The molecule has 0 amide bonds. The van der Waals surface area contributed by atoms with Crippen LogP contribution in [0.1, 0.15) is 22.3 Å². The van der Waals surface area contributed by atoms with Gasteiger partial charge in [0, 0.05) is 17.4 Å². The van der Waals surface area contributed by atoms with Crippen molar-refractivity contribution in [2.24, 2.45) is 0 Å². The van der Waals surface area contributed by atoms with Gasteiger partial charge in [0.2, 0.25) is 0 Å². The van der Waals surface area contributed by atoms with Crippen molar-refractivity contribution >= 4 is 16.6 Å². The van der Waals surface area contributed by atoms with Gasteiger partial charge in [-0.3, -0.25) is 4.79 Å². The van der Waals surface area contributed by atoms with Crippen LogP contribution in [0.2, 0.25) is 0 Å². The van der Waals surface area contributed by atoms with Gasteiger partial charge in [0.15, 0.2) is 5.78 Å². The number of hydrogen-bond donors (Lipinski definition) is 0. The molecular weight excluding hydrogens is 272 g/mol. The molecule has 0 aliphatic heterocycles. The number of rotatable bonds is 5. The van der Waals surface area contributed by atoms with Crippen LogP contribution >= 0.6 is 0 Å². The van der Waals surface area contributed by atoms with E-state index in [-0.39, 0.29) is 5.78 Å². The van der Waals surface area contributed by atoms with E-state index in [1.807, 2.05) is 42.5 Å². The number of ketones is 1. The fourth-order valence-electron chi connectivity index (χ4n) is 2.74. The van der Waals surface area contributed by atoms with E-state index in [2.05, 4.69) is 24.3 Å². The molecule has 0 N–H and O–H groups in total. The SMILES string of the molecule is COc1c(CCC(=O)c2ccccc2)ccc2ccccc12. The molecule has 0 fully saturated rings. The fourth-order valence-corrected chi connectivity index (χ4v) is 2.74. The Hall–Kier alpha value is -2.61. The molecule has 3 aromatic carbocycles. The standard InChI is InChI=1S/C20H18O2/c1-22-20-17(12-11-15-7-5-6-10-18(15)20)13-14-19(21)16-8-3-2-4-9-16/h2-12H,13-14H2,1H3. The second-order valence-electron chi connectivity index (χ2n) is 5.27. The molecule has 2 nitrogen and oxygen atoms in total. The van der Waals surface area contributed by atoms with Crippen molar-refractivity contribution in [3.63, 3.8) is 0 Å². The highest BCUT2D eigenvalue weighted by Gasteiger charge is 2.11. The van der Waals surface area contributed by atoms with Gasteiger partial charge in [0.05, 0.1) is 7.11 Å². The fraction of sp³-hybridized carbons (Fsp3) is 0.150. The van der Waals surface area contributed by atoms with Crippen LogP contribution in [-0.2, 0) is 6.42 Å². The summed E-state index contributed by atoms with van der Waals surface area (Å²) >= 11 is 0. The van der Waals surface area contributed by atoms with Crippen LogP contribution in [0.5, 0.6) is 5.75 Å². The van der Waals surface area contributed by atoms with Crippen molar-refractivity contribution in [2.75, 3.05) is 7.11 Å². The summed E-state index contributed by atoms with van der Waals surface area (Å²) in [5, 5.41) is 2.24. The minimum absolute atomic E-state index is 0.163. The van der Waals surface area contributed by atoms with E-state index in [0.717, 1.165) is 27.6 Å². The molecule has 0 aromatic heterocycles. The number of methoxy groups -OCH3 is 1. The summed E-state index contributed by atoms with van der Waals surface area (Å²) in [5.74, 6) is 1.04. The molecule has 0 saturated carbocycles. The molecule has 0 radical (unpaired) electrons. The van der Waals surface area contributed by atoms with Gasteiger partial charge >= 0.3 is 0 Å². The van der Waals surface area contributed by atoms with Crippen molar-refractivity contribution in [1.29, 1.82) is 0 Å². The third-order valence-corrected chi connectivity index (χ3v) is 3.88. The second kappa shape index (κ2) is 6.44. The van der Waals surface area contributed by atoms with Crippen molar-refractivity contribution in [1.82, 2.24) is 0 Å². The Morgan fingerprint density at radius 3 is 2.41 bits per heavy atom. The molecule has 2 heteroatoms. The molecule has 0 saturated heterocycles. The summed E-state index contributed by atoms with van der Waals surface area (Å²) in [6.07, 6.45) is 1.17. The first kappa shape index (κ1) is 14.3. The van der Waals surface area contributed by atoms with Crippen LogP contribution in [0.15, 0.2) is 66.7 Å². The van der Waals surface area contributed by atoms with Crippen molar-refractivity contribution < 1.29 is 9.53 Å². The van der Waals surface area contributed by atoms with E-state index in [9.17, 15) is 4.79 Å². The summed E-state index contributed by atoms with van der Waals surface area (Å²) in [6, 6.07) is 21.7. The van der Waals surface area contributed by atoms with Gasteiger partial charge < -0.3 is 4.74 Å². The Morgan fingerprint density at radius 2 is 1.64 bits per heavy atom. The summed E-state index contributed by atoms with van der Waals surface area (Å²) in [5.41, 5.74) is 1.84. The van der Waals surface area contributed by atoms with Gasteiger partial charge in [-0.05, 0) is 17.4 Å². The molecule has 0 bridgehead atoms. The van der Waals surface area contributed by atoms with Crippen molar-refractivity contribution in [2.45, 2.75) is 12.8 Å². The quantitative estimate of drug-likeness (QED) is 0.639. The van der Waals surface area contributed by atoms with E-state index in [4.69, 9.17) is 4.74 Å². The molecule has 3 rings (SSSR count). The number of aryl methyl sites for hydroxylation is 1. The normalized spacial score (nSPS) is 10.6. The highest BCUT2D eigenvalue weighted by atomic mass is 16.5. The lowest BCUT2D eigenvalue weighted by Gasteiger charge is -2.11. The molecule has 0 aliphatic carbocycles. The van der Waals surface area contributed by atoms with E-state index in [0.29, 0.717) is 12.8 Å². The topological polar surface area (TPSA) is 26.3 Å². The number of benzene rings is 3. The maximum absolute atomic E-state index is 12.2. The Labute approximate surface area is 130 Å². The molecule has 0 atom stereocenters. The highest BCUT2D eigenvalue weighted by Crippen LogP contribution is 2.30. The highest BCUT2D eigenvalue weighted by molar-refractivity contribution is 5.96. The van der Waals surface area contributed by atoms with Gasteiger partial charge in [-0.15, -0.1) is 0 Å². The minimum atomic E-state index is 0.163. The van der Waals surface area contributed by atoms with Crippen LogP contribution in [0.25, 0.3) is 10.8 Å². The maximum Gasteiger partial charge on any atom is 0.163 e. The second-order valence-corrected chi connectivity index (χ2v) is 5.27. The first-order valence-corrected chi connectivity index (χ1v) is 7.42. The average molecular weight is 290 g/mol. The summed E-state index contributed by atoms with van der Waals surface area (Å²) in [6.45, 7) is 0. The van der Waals surface area contributed by atoms with Gasteiger partial charge in [-0.1, -0.05) is 66.7 Å². The smallest absolute Gasteiger partial charge is 0.163 e. The molecule has 0 spiro atoms. The monoisotopic (exact) mass is 290 g/mol. The van der Waals surface area contributed by atoms with Crippen molar-refractivity contribution in [3.05, 3.63) is 77.9 Å². The van der Waals surface area contributed by atoms with Gasteiger partial charge in [0.25, 0.3) is 0 Å². The van der Waals surface area contributed by atoms with Gasteiger partial charge in [0.1, 0.15) is 5.75 Å². The summed E-state index contributed by atoms with van der Waals surface area (Å²) in [4.78, 5) is 12.2. The lowest BCUT2D eigenvalue weighted by Crippen LogP contribution is -2.02. The molecule has 0 aliphatic rings. The summed E-state index contributed by atoms with van der Waals surface area (Å²) < 4.78 is 5.59. The predicted molar refractivity (Wildman–Crippen MR) is 89.6 cm³/mol. The minimum Gasteiger partial charge on any atom is -0.496 e. The first-order valence-electron chi connectivity index (χ1n) is 7.42. The number of carbonyl (C=O) groups excluding carboxylic acids is 1. The van der Waals surface area contributed by atoms with Crippen LogP contribution < -0.4 is 4.74 Å². The first-order chi connectivity index (χ1) is 10.8. The maximum atomic E-state index is 12.2. The third-order valence-electron chi connectivity index (χ3n) is 3.88. The number of ether oxygens (including phenoxy) is 1. The predicted octanol–water partition coefficient (Wildman–Crippen LogP) is 4.66. The Bertz CT molecular complexity index is 791. The molecule has 110 valence electrons. The van der Waals surface area contributed by atoms with E-state index in [1.54, 1.807) is 7.11 Å². The average Bonchev–Trinajstić information content (AvgIpc) is 2.59.